The molecule has 5 heteroatoms. The number of ether oxygens (including phenoxy) is 1. The van der Waals surface area contributed by atoms with E-state index in [2.05, 4.69) is 28.6 Å². The number of hydrogen-bond acceptors (Lipinski definition) is 3. The summed E-state index contributed by atoms with van der Waals surface area (Å²) in [7, 11) is 0. The van der Waals surface area contributed by atoms with Gasteiger partial charge >= 0.3 is 0 Å². The molecule has 0 fully saturated rings. The highest BCUT2D eigenvalue weighted by atomic mass is 35.5. The smallest absolute Gasteiger partial charge is 0.258 e. The summed E-state index contributed by atoms with van der Waals surface area (Å²) in [5, 5.41) is 0.771. The first-order valence-electron chi connectivity index (χ1n) is 9.51. The van der Waals surface area contributed by atoms with Crippen LogP contribution in [0.4, 0.5) is 0 Å². The van der Waals surface area contributed by atoms with E-state index >= 15 is 0 Å². The topological polar surface area (TPSA) is 42.1 Å². The minimum Gasteiger partial charge on any atom is -0.486 e. The highest BCUT2D eigenvalue weighted by Crippen LogP contribution is 2.41. The molecule has 1 N–H and O–H groups in total. The van der Waals surface area contributed by atoms with Crippen LogP contribution in [-0.2, 0) is 6.42 Å². The molecule has 144 valence electrons. The van der Waals surface area contributed by atoms with Crippen LogP contribution in [0.5, 0.6) is 5.75 Å². The monoisotopic (exact) mass is 419 g/mol. The zero-order chi connectivity index (χ0) is 19.8. The van der Waals surface area contributed by atoms with Crippen LogP contribution >= 0.6 is 23.1 Å². The van der Waals surface area contributed by atoms with Gasteiger partial charge in [-0.2, -0.15) is 0 Å². The van der Waals surface area contributed by atoms with Gasteiger partial charge in [0.15, 0.2) is 0 Å². The van der Waals surface area contributed by atoms with Crippen molar-refractivity contribution >= 4 is 23.1 Å². The van der Waals surface area contributed by atoms with Crippen molar-refractivity contribution < 1.29 is 4.74 Å². The van der Waals surface area contributed by atoms with Gasteiger partial charge < -0.3 is 4.74 Å². The number of hydrogen-bond donors (Lipinski definition) is 1. The van der Waals surface area contributed by atoms with Crippen molar-refractivity contribution in [2.75, 3.05) is 0 Å². The number of benzene rings is 3. The second-order valence-corrected chi connectivity index (χ2v) is 8.35. The fourth-order valence-corrected chi connectivity index (χ4v) is 4.89. The summed E-state index contributed by atoms with van der Waals surface area (Å²) < 4.78 is 9.04. The number of aromatic amines is 1. The summed E-state index contributed by atoms with van der Waals surface area (Å²) in [4.78, 5) is 12.3. The van der Waals surface area contributed by atoms with Gasteiger partial charge in [0.05, 0.1) is 4.88 Å². The van der Waals surface area contributed by atoms with Crippen molar-refractivity contribution in [3.63, 3.8) is 0 Å². The maximum atomic E-state index is 11.4. The number of nitrogens with one attached hydrogen (secondary N) is 1. The Morgan fingerprint density at radius 2 is 1.76 bits per heavy atom. The third kappa shape index (κ3) is 3.50. The molecule has 1 aliphatic rings. The molecule has 0 amide bonds. The molecule has 1 atom stereocenters. The molecule has 0 unspecified atom stereocenters. The summed E-state index contributed by atoms with van der Waals surface area (Å²) in [6, 6.07) is 23.9. The van der Waals surface area contributed by atoms with Crippen LogP contribution in [0.25, 0.3) is 21.6 Å². The molecule has 0 saturated carbocycles. The molecule has 0 bridgehead atoms. The average Bonchev–Trinajstić information content (AvgIpc) is 3.36. The molecule has 3 nitrogen and oxygen atoms in total. The molecule has 0 spiro atoms. The summed E-state index contributed by atoms with van der Waals surface area (Å²) in [5.41, 5.74) is 5.75. The fourth-order valence-electron chi connectivity index (χ4n) is 3.96. The van der Waals surface area contributed by atoms with Gasteiger partial charge in [-0.3, -0.25) is 9.17 Å². The van der Waals surface area contributed by atoms with E-state index in [1.54, 1.807) is 6.07 Å². The lowest BCUT2D eigenvalue weighted by Crippen LogP contribution is -2.03. The van der Waals surface area contributed by atoms with Gasteiger partial charge in [0, 0.05) is 16.7 Å². The highest BCUT2D eigenvalue weighted by Gasteiger charge is 2.27. The molecule has 1 heterocycles. The Bertz CT molecular complexity index is 1230. The number of halogens is 1. The number of aromatic nitrogens is 1. The predicted molar refractivity (Wildman–Crippen MR) is 119 cm³/mol. The fraction of sp³-hybridized carbons (Fsp3) is 0.125. The molecule has 1 aliphatic carbocycles. The molecule has 0 aliphatic heterocycles. The third-order valence-corrected chi connectivity index (χ3v) is 6.53. The van der Waals surface area contributed by atoms with Crippen molar-refractivity contribution in [2.24, 2.45) is 0 Å². The van der Waals surface area contributed by atoms with Crippen LogP contribution in [0.2, 0.25) is 5.02 Å². The van der Waals surface area contributed by atoms with E-state index in [0.717, 1.165) is 39.6 Å². The van der Waals surface area contributed by atoms with E-state index < -0.39 is 0 Å². The van der Waals surface area contributed by atoms with Crippen LogP contribution < -0.4 is 10.3 Å². The zero-order valence-corrected chi connectivity index (χ0v) is 17.1. The van der Waals surface area contributed by atoms with E-state index in [1.165, 1.54) is 28.2 Å². The Balaban J connectivity index is 1.41. The van der Waals surface area contributed by atoms with Gasteiger partial charge in [0.1, 0.15) is 11.9 Å². The van der Waals surface area contributed by atoms with Crippen molar-refractivity contribution in [3.05, 3.63) is 99.3 Å². The van der Waals surface area contributed by atoms with Crippen LogP contribution in [0.1, 0.15) is 23.7 Å². The average molecular weight is 420 g/mol. The first-order valence-corrected chi connectivity index (χ1v) is 10.7. The quantitative estimate of drug-likeness (QED) is 0.410. The van der Waals surface area contributed by atoms with Crippen LogP contribution in [0, 0.1) is 0 Å². The summed E-state index contributed by atoms with van der Waals surface area (Å²) >= 11 is 7.78. The molecule has 1 aromatic heterocycles. The molecule has 4 aromatic rings. The number of fused-ring (bicyclic) bond motifs is 1. The molecule has 0 radical (unpaired) electrons. The van der Waals surface area contributed by atoms with Crippen molar-refractivity contribution in [1.29, 1.82) is 0 Å². The Labute approximate surface area is 177 Å². The minimum atomic E-state index is -0.0674. The van der Waals surface area contributed by atoms with E-state index in [0.29, 0.717) is 0 Å². The van der Waals surface area contributed by atoms with E-state index in [1.807, 2.05) is 42.5 Å². The SMILES string of the molecule is O=c1cc(-c2ccc(O[C@@H]3CCc4c(-c5ccccc5Cl)cccc43)cc2)s[nH]1. The largest absolute Gasteiger partial charge is 0.486 e. The minimum absolute atomic E-state index is 0.0293. The molecule has 3 aromatic carbocycles. The van der Waals surface area contributed by atoms with E-state index in [9.17, 15) is 4.79 Å². The zero-order valence-electron chi connectivity index (χ0n) is 15.5. The second kappa shape index (κ2) is 7.54. The Morgan fingerprint density at radius 1 is 0.966 bits per heavy atom. The van der Waals surface area contributed by atoms with Crippen molar-refractivity contribution in [3.8, 4) is 27.3 Å². The lowest BCUT2D eigenvalue weighted by molar-refractivity contribution is 0.207. The van der Waals surface area contributed by atoms with E-state index in [4.69, 9.17) is 16.3 Å². The van der Waals surface area contributed by atoms with Gasteiger partial charge in [-0.25, -0.2) is 0 Å². The molecular formula is C24H18ClNO2S. The van der Waals surface area contributed by atoms with Crippen molar-refractivity contribution in [2.45, 2.75) is 18.9 Å². The van der Waals surface area contributed by atoms with Crippen LogP contribution in [0.3, 0.4) is 0 Å². The Hall–Kier alpha value is -2.82. The van der Waals surface area contributed by atoms with Crippen LogP contribution in [-0.4, -0.2) is 4.37 Å². The molecule has 0 saturated heterocycles. The standard InChI is InChI=1S/C24H18ClNO2S/c25-21-7-2-1-4-19(21)17-5-3-6-20-18(17)12-13-22(20)28-16-10-8-15(9-11-16)23-14-24(27)26-29-23/h1-11,14,22H,12-13H2,(H,26,27)/t22-/m1/s1. The highest BCUT2D eigenvalue weighted by molar-refractivity contribution is 7.09. The molecule has 5 rings (SSSR count). The van der Waals surface area contributed by atoms with Crippen molar-refractivity contribution in [1.82, 2.24) is 4.37 Å². The Morgan fingerprint density at radius 3 is 2.52 bits per heavy atom. The predicted octanol–water partition coefficient (Wildman–Crippen LogP) is 6.49. The second-order valence-electron chi connectivity index (χ2n) is 7.10. The van der Waals surface area contributed by atoms with Gasteiger partial charge in [0.25, 0.3) is 5.56 Å². The van der Waals surface area contributed by atoms with E-state index in [-0.39, 0.29) is 11.7 Å². The summed E-state index contributed by atoms with van der Waals surface area (Å²) in [6.45, 7) is 0. The number of rotatable bonds is 4. The first kappa shape index (κ1) is 18.2. The van der Waals surface area contributed by atoms with Crippen LogP contribution in [0.15, 0.2) is 77.6 Å². The summed E-state index contributed by atoms with van der Waals surface area (Å²) in [6.07, 6.45) is 1.94. The third-order valence-electron chi connectivity index (χ3n) is 5.32. The van der Waals surface area contributed by atoms with Gasteiger partial charge in [-0.15, -0.1) is 0 Å². The maximum absolute atomic E-state index is 11.4. The van der Waals surface area contributed by atoms with Gasteiger partial charge in [-0.1, -0.05) is 59.5 Å². The van der Waals surface area contributed by atoms with Gasteiger partial charge in [-0.05, 0) is 65.4 Å². The maximum Gasteiger partial charge on any atom is 0.258 e. The first-order chi connectivity index (χ1) is 14.2. The number of H-pyrrole nitrogens is 1. The molecule has 29 heavy (non-hydrogen) atoms. The lowest BCUT2D eigenvalue weighted by atomic mass is 9.96. The Kier molecular flexibility index (Phi) is 4.74. The normalized spacial score (nSPS) is 15.3. The summed E-state index contributed by atoms with van der Waals surface area (Å²) in [5.74, 6) is 0.831. The van der Waals surface area contributed by atoms with Gasteiger partial charge in [0.2, 0.25) is 0 Å². The lowest BCUT2D eigenvalue weighted by Gasteiger charge is -2.16. The molecular weight excluding hydrogens is 402 g/mol.